The van der Waals surface area contributed by atoms with Crippen LogP contribution in [-0.4, -0.2) is 34.4 Å². The Balaban J connectivity index is 1.56. The average Bonchev–Trinajstić information content (AvgIpc) is 3.43. The number of nitrogens with one attached hydrogen (secondary N) is 1. The van der Waals surface area contributed by atoms with Gasteiger partial charge in [-0.3, -0.25) is 9.59 Å². The van der Waals surface area contributed by atoms with Crippen molar-refractivity contribution < 1.29 is 14.0 Å². The molecule has 0 aliphatic rings. The third kappa shape index (κ3) is 6.35. The second kappa shape index (κ2) is 11.2. The SMILES string of the molecule is CCCN(Cc1cccn1Cc1ccc(C(=O)NCCc2ccccc2)o1)C(=O)CC. The standard InChI is InChI=1S/C25H31N3O3/c1-3-16-28(24(29)4-2)18-21-11-8-17-27(21)19-22-12-13-23(31-22)25(30)26-15-14-20-9-6-5-7-10-20/h5-13,17H,3-4,14-16,18-19H2,1-2H3,(H,26,30). The maximum Gasteiger partial charge on any atom is 0.287 e. The quantitative estimate of drug-likeness (QED) is 0.503. The van der Waals surface area contributed by atoms with Crippen LogP contribution in [0.15, 0.2) is 65.2 Å². The summed E-state index contributed by atoms with van der Waals surface area (Å²) in [5.41, 5.74) is 2.22. The molecule has 0 spiro atoms. The molecule has 1 aromatic carbocycles. The van der Waals surface area contributed by atoms with Crippen LogP contribution in [-0.2, 0) is 24.3 Å². The Bertz CT molecular complexity index is 975. The molecule has 0 atom stereocenters. The van der Waals surface area contributed by atoms with Crippen LogP contribution in [0.2, 0.25) is 0 Å². The van der Waals surface area contributed by atoms with E-state index in [1.807, 2.05) is 66.6 Å². The fourth-order valence-corrected chi connectivity index (χ4v) is 3.53. The predicted octanol–water partition coefficient (Wildman–Crippen LogP) is 4.25. The van der Waals surface area contributed by atoms with E-state index in [0.29, 0.717) is 37.6 Å². The Morgan fingerprint density at radius 3 is 2.58 bits per heavy atom. The number of carbonyl (C=O) groups excluding carboxylic acids is 2. The Hall–Kier alpha value is -3.28. The van der Waals surface area contributed by atoms with Crippen LogP contribution in [0.5, 0.6) is 0 Å². The Morgan fingerprint density at radius 2 is 1.84 bits per heavy atom. The molecule has 164 valence electrons. The first-order valence-corrected chi connectivity index (χ1v) is 10.9. The lowest BCUT2D eigenvalue weighted by atomic mass is 10.1. The van der Waals surface area contributed by atoms with E-state index in [-0.39, 0.29) is 11.8 Å². The van der Waals surface area contributed by atoms with Crippen molar-refractivity contribution in [2.24, 2.45) is 0 Å². The number of aromatic nitrogens is 1. The zero-order valence-corrected chi connectivity index (χ0v) is 18.3. The van der Waals surface area contributed by atoms with Crippen molar-refractivity contribution in [1.29, 1.82) is 0 Å². The Kier molecular flexibility index (Phi) is 8.10. The van der Waals surface area contributed by atoms with Gasteiger partial charge < -0.3 is 19.2 Å². The van der Waals surface area contributed by atoms with Crippen molar-refractivity contribution in [3.05, 3.63) is 83.6 Å². The smallest absolute Gasteiger partial charge is 0.287 e. The summed E-state index contributed by atoms with van der Waals surface area (Å²) >= 11 is 0. The van der Waals surface area contributed by atoms with Crippen molar-refractivity contribution in [2.75, 3.05) is 13.1 Å². The average molecular weight is 422 g/mol. The van der Waals surface area contributed by atoms with E-state index in [1.54, 1.807) is 6.07 Å². The maximum absolute atomic E-state index is 12.4. The van der Waals surface area contributed by atoms with Crippen molar-refractivity contribution in [3.8, 4) is 0 Å². The van der Waals surface area contributed by atoms with E-state index in [4.69, 9.17) is 4.42 Å². The van der Waals surface area contributed by atoms with Gasteiger partial charge in [0.15, 0.2) is 5.76 Å². The second-order valence-corrected chi connectivity index (χ2v) is 7.55. The summed E-state index contributed by atoms with van der Waals surface area (Å²) < 4.78 is 7.84. The summed E-state index contributed by atoms with van der Waals surface area (Å²) in [6.45, 7) is 6.34. The highest BCUT2D eigenvalue weighted by Crippen LogP contribution is 2.14. The van der Waals surface area contributed by atoms with E-state index < -0.39 is 0 Å². The molecule has 31 heavy (non-hydrogen) atoms. The summed E-state index contributed by atoms with van der Waals surface area (Å²) in [4.78, 5) is 26.5. The first-order chi connectivity index (χ1) is 15.1. The van der Waals surface area contributed by atoms with Crippen LogP contribution in [0.3, 0.4) is 0 Å². The van der Waals surface area contributed by atoms with Crippen LogP contribution in [0.1, 0.15) is 54.3 Å². The Labute approximate surface area is 183 Å². The third-order valence-electron chi connectivity index (χ3n) is 5.18. The molecule has 0 fully saturated rings. The van der Waals surface area contributed by atoms with Gasteiger partial charge in [-0.15, -0.1) is 0 Å². The largest absolute Gasteiger partial charge is 0.454 e. The van der Waals surface area contributed by atoms with Crippen LogP contribution in [0, 0.1) is 0 Å². The van der Waals surface area contributed by atoms with Crippen LogP contribution in [0.25, 0.3) is 0 Å². The summed E-state index contributed by atoms with van der Waals surface area (Å²) in [6.07, 6.45) is 4.17. The monoisotopic (exact) mass is 421 g/mol. The van der Waals surface area contributed by atoms with Gasteiger partial charge in [0.1, 0.15) is 5.76 Å². The first-order valence-electron chi connectivity index (χ1n) is 10.9. The van der Waals surface area contributed by atoms with E-state index in [9.17, 15) is 9.59 Å². The number of furan rings is 1. The number of rotatable bonds is 11. The summed E-state index contributed by atoms with van der Waals surface area (Å²) in [5.74, 6) is 0.958. The summed E-state index contributed by atoms with van der Waals surface area (Å²) in [5, 5.41) is 2.91. The van der Waals surface area contributed by atoms with Gasteiger partial charge in [0.05, 0.1) is 13.1 Å². The van der Waals surface area contributed by atoms with E-state index in [0.717, 1.165) is 25.1 Å². The lowest BCUT2D eigenvalue weighted by molar-refractivity contribution is -0.131. The fourth-order valence-electron chi connectivity index (χ4n) is 3.53. The first kappa shape index (κ1) is 22.4. The van der Waals surface area contributed by atoms with Gasteiger partial charge >= 0.3 is 0 Å². The molecule has 0 aliphatic carbocycles. The molecule has 6 nitrogen and oxygen atoms in total. The molecule has 3 aromatic rings. The molecule has 1 N–H and O–H groups in total. The molecule has 2 amide bonds. The zero-order chi connectivity index (χ0) is 22.1. The number of hydrogen-bond donors (Lipinski definition) is 1. The van der Waals surface area contributed by atoms with Crippen molar-refractivity contribution in [3.63, 3.8) is 0 Å². The van der Waals surface area contributed by atoms with Crippen LogP contribution < -0.4 is 5.32 Å². The summed E-state index contributed by atoms with van der Waals surface area (Å²) in [7, 11) is 0. The molecule has 6 heteroatoms. The lowest BCUT2D eigenvalue weighted by Gasteiger charge is -2.22. The van der Waals surface area contributed by atoms with E-state index >= 15 is 0 Å². The Morgan fingerprint density at radius 1 is 1.03 bits per heavy atom. The minimum atomic E-state index is -0.211. The molecule has 2 heterocycles. The molecule has 0 saturated carbocycles. The minimum absolute atomic E-state index is 0.155. The van der Waals surface area contributed by atoms with Crippen molar-refractivity contribution >= 4 is 11.8 Å². The number of benzene rings is 1. The van der Waals surface area contributed by atoms with Crippen LogP contribution >= 0.6 is 0 Å². The highest BCUT2D eigenvalue weighted by molar-refractivity contribution is 5.91. The molecule has 0 bridgehead atoms. The zero-order valence-electron chi connectivity index (χ0n) is 18.3. The minimum Gasteiger partial charge on any atom is -0.454 e. The number of carbonyl (C=O) groups is 2. The normalized spacial score (nSPS) is 10.8. The van der Waals surface area contributed by atoms with Gasteiger partial charge in [-0.05, 0) is 42.7 Å². The van der Waals surface area contributed by atoms with Gasteiger partial charge in [-0.25, -0.2) is 0 Å². The number of hydrogen-bond acceptors (Lipinski definition) is 3. The van der Waals surface area contributed by atoms with Gasteiger partial charge in [0, 0.05) is 31.4 Å². The van der Waals surface area contributed by atoms with Gasteiger partial charge in [0.25, 0.3) is 5.91 Å². The van der Waals surface area contributed by atoms with Crippen molar-refractivity contribution in [2.45, 2.75) is 46.2 Å². The number of amides is 2. The summed E-state index contributed by atoms with van der Waals surface area (Å²) in [6, 6.07) is 17.6. The van der Waals surface area contributed by atoms with Gasteiger partial charge in [-0.2, -0.15) is 0 Å². The highest BCUT2D eigenvalue weighted by atomic mass is 16.4. The fraction of sp³-hybridized carbons (Fsp3) is 0.360. The van der Waals surface area contributed by atoms with Gasteiger partial charge in [-0.1, -0.05) is 44.2 Å². The van der Waals surface area contributed by atoms with Crippen molar-refractivity contribution in [1.82, 2.24) is 14.8 Å². The molecule has 0 radical (unpaired) electrons. The number of nitrogens with zero attached hydrogens (tertiary/aromatic N) is 2. The van der Waals surface area contributed by atoms with E-state index in [2.05, 4.69) is 16.8 Å². The highest BCUT2D eigenvalue weighted by Gasteiger charge is 2.15. The molecule has 0 unspecified atom stereocenters. The topological polar surface area (TPSA) is 67.5 Å². The van der Waals surface area contributed by atoms with E-state index in [1.165, 1.54) is 5.56 Å². The molecule has 2 aromatic heterocycles. The molecule has 0 aliphatic heterocycles. The predicted molar refractivity (Wildman–Crippen MR) is 121 cm³/mol. The van der Waals surface area contributed by atoms with Crippen LogP contribution in [0.4, 0.5) is 0 Å². The molecule has 3 rings (SSSR count). The lowest BCUT2D eigenvalue weighted by Crippen LogP contribution is -2.31. The third-order valence-corrected chi connectivity index (χ3v) is 5.18. The molecule has 0 saturated heterocycles. The second-order valence-electron chi connectivity index (χ2n) is 7.55. The van der Waals surface area contributed by atoms with Gasteiger partial charge in [0.2, 0.25) is 5.91 Å². The maximum atomic E-state index is 12.4. The molecular formula is C25H31N3O3. The molecular weight excluding hydrogens is 390 g/mol.